The van der Waals surface area contributed by atoms with Crippen molar-refractivity contribution in [1.82, 2.24) is 14.7 Å². The van der Waals surface area contributed by atoms with Gasteiger partial charge in [-0.25, -0.2) is 0 Å². The zero-order valence-electron chi connectivity index (χ0n) is 14.6. The lowest BCUT2D eigenvalue weighted by molar-refractivity contribution is -0.119. The Labute approximate surface area is 151 Å². The Morgan fingerprint density at radius 2 is 1.81 bits per heavy atom. The molecule has 4 rings (SSSR count). The second kappa shape index (κ2) is 6.63. The minimum Gasteiger partial charge on any atom is -0.327 e. The van der Waals surface area contributed by atoms with Crippen LogP contribution in [0.2, 0.25) is 0 Å². The molecule has 1 atom stereocenters. The number of nitrogens with one attached hydrogen (secondary N) is 1. The number of para-hydroxylation sites is 1. The first-order chi connectivity index (χ1) is 12.6. The number of carbonyl (C=O) groups excluding carboxylic acids is 2. The summed E-state index contributed by atoms with van der Waals surface area (Å²) >= 11 is 0. The molecule has 0 spiro atoms. The maximum Gasteiger partial charge on any atom is 0.254 e. The standard InChI is InChI=1S/C20H20N4O2/c1-23-16-11-6-5-10-15(16)18(22-23)21-19(25)17-12-7-13-24(17)20(26)14-8-3-2-4-9-14/h2-6,8-11,17H,7,12-13H2,1H3,(H,21,22,25). The zero-order chi connectivity index (χ0) is 18.1. The van der Waals surface area contributed by atoms with Gasteiger partial charge >= 0.3 is 0 Å². The lowest BCUT2D eigenvalue weighted by Gasteiger charge is -2.23. The monoisotopic (exact) mass is 348 g/mol. The third-order valence-electron chi connectivity index (χ3n) is 4.84. The largest absolute Gasteiger partial charge is 0.327 e. The molecule has 1 aliphatic rings. The van der Waals surface area contributed by atoms with Gasteiger partial charge in [0.25, 0.3) is 5.91 Å². The summed E-state index contributed by atoms with van der Waals surface area (Å²) in [6.45, 7) is 0.592. The molecule has 0 aliphatic carbocycles. The number of aromatic nitrogens is 2. The number of likely N-dealkylation sites (tertiary alicyclic amines) is 1. The van der Waals surface area contributed by atoms with E-state index in [2.05, 4.69) is 10.4 Å². The van der Waals surface area contributed by atoms with Gasteiger partial charge in [0.05, 0.1) is 5.52 Å². The van der Waals surface area contributed by atoms with Crippen molar-refractivity contribution in [3.05, 3.63) is 60.2 Å². The molecule has 1 aliphatic heterocycles. The number of hydrogen-bond donors (Lipinski definition) is 1. The molecule has 1 aromatic heterocycles. The van der Waals surface area contributed by atoms with Crippen molar-refractivity contribution >= 4 is 28.5 Å². The number of carbonyl (C=O) groups is 2. The predicted octanol–water partition coefficient (Wildman–Crippen LogP) is 2.82. The van der Waals surface area contributed by atoms with E-state index in [9.17, 15) is 9.59 Å². The summed E-state index contributed by atoms with van der Waals surface area (Å²) in [6, 6.07) is 16.4. The second-order valence-corrected chi connectivity index (χ2v) is 6.50. The zero-order valence-corrected chi connectivity index (χ0v) is 14.6. The molecule has 0 radical (unpaired) electrons. The normalized spacial score (nSPS) is 16.8. The van der Waals surface area contributed by atoms with Crippen molar-refractivity contribution in [2.24, 2.45) is 7.05 Å². The Kier molecular flexibility index (Phi) is 4.16. The van der Waals surface area contributed by atoms with Crippen LogP contribution in [0.3, 0.4) is 0 Å². The molecule has 1 saturated heterocycles. The molecule has 6 nitrogen and oxygen atoms in total. The van der Waals surface area contributed by atoms with Gasteiger partial charge in [-0.3, -0.25) is 14.3 Å². The van der Waals surface area contributed by atoms with E-state index in [-0.39, 0.29) is 11.8 Å². The van der Waals surface area contributed by atoms with E-state index in [0.717, 1.165) is 17.3 Å². The van der Waals surface area contributed by atoms with E-state index in [1.165, 1.54) is 0 Å². The molecule has 26 heavy (non-hydrogen) atoms. The lowest BCUT2D eigenvalue weighted by Crippen LogP contribution is -2.43. The van der Waals surface area contributed by atoms with E-state index < -0.39 is 6.04 Å². The Morgan fingerprint density at radius 1 is 1.08 bits per heavy atom. The SMILES string of the molecule is Cn1nc(NC(=O)C2CCCN2C(=O)c2ccccc2)c2ccccc21. The van der Waals surface area contributed by atoms with Crippen LogP contribution in [0.1, 0.15) is 23.2 Å². The summed E-state index contributed by atoms with van der Waals surface area (Å²) in [5, 5.41) is 8.22. The van der Waals surface area contributed by atoms with Gasteiger partial charge in [0.2, 0.25) is 5.91 Å². The highest BCUT2D eigenvalue weighted by molar-refractivity contribution is 6.04. The first kappa shape index (κ1) is 16.3. The highest BCUT2D eigenvalue weighted by Gasteiger charge is 2.35. The molecule has 0 saturated carbocycles. The number of fused-ring (bicyclic) bond motifs is 1. The van der Waals surface area contributed by atoms with Crippen LogP contribution in [-0.4, -0.2) is 39.1 Å². The van der Waals surface area contributed by atoms with Crippen molar-refractivity contribution in [3.8, 4) is 0 Å². The molecule has 132 valence electrons. The molecule has 1 N–H and O–H groups in total. The molecule has 2 aromatic carbocycles. The van der Waals surface area contributed by atoms with Crippen molar-refractivity contribution < 1.29 is 9.59 Å². The molecular formula is C20H20N4O2. The summed E-state index contributed by atoms with van der Waals surface area (Å²) in [4.78, 5) is 27.3. The molecule has 1 unspecified atom stereocenters. The summed E-state index contributed by atoms with van der Waals surface area (Å²) in [7, 11) is 1.85. The number of rotatable bonds is 3. The first-order valence-electron chi connectivity index (χ1n) is 8.74. The lowest BCUT2D eigenvalue weighted by atomic mass is 10.1. The van der Waals surface area contributed by atoms with Gasteiger partial charge < -0.3 is 10.2 Å². The summed E-state index contributed by atoms with van der Waals surface area (Å²) < 4.78 is 1.74. The number of nitrogens with zero attached hydrogens (tertiary/aromatic N) is 3. The number of anilines is 1. The third-order valence-corrected chi connectivity index (χ3v) is 4.84. The minimum atomic E-state index is -0.469. The van der Waals surface area contributed by atoms with E-state index in [4.69, 9.17) is 0 Å². The average molecular weight is 348 g/mol. The summed E-state index contributed by atoms with van der Waals surface area (Å²) in [5.74, 6) is 0.247. The number of benzene rings is 2. The van der Waals surface area contributed by atoms with Gasteiger partial charge in [0.15, 0.2) is 5.82 Å². The molecule has 2 heterocycles. The molecule has 3 aromatic rings. The third kappa shape index (κ3) is 2.83. The first-order valence-corrected chi connectivity index (χ1v) is 8.74. The Bertz CT molecular complexity index is 964. The minimum absolute atomic E-state index is 0.103. The van der Waals surface area contributed by atoms with Crippen LogP contribution in [0.15, 0.2) is 54.6 Å². The Balaban J connectivity index is 1.56. The number of hydrogen-bond acceptors (Lipinski definition) is 3. The van der Waals surface area contributed by atoms with Crippen molar-refractivity contribution in [2.75, 3.05) is 11.9 Å². The topological polar surface area (TPSA) is 67.2 Å². The van der Waals surface area contributed by atoms with E-state index in [1.54, 1.807) is 21.7 Å². The molecule has 0 bridgehead atoms. The van der Waals surface area contributed by atoms with Crippen molar-refractivity contribution in [3.63, 3.8) is 0 Å². The fraction of sp³-hybridized carbons (Fsp3) is 0.250. The van der Waals surface area contributed by atoms with Gasteiger partial charge in [0, 0.05) is 24.5 Å². The fourth-order valence-corrected chi connectivity index (χ4v) is 3.54. The van der Waals surface area contributed by atoms with Crippen LogP contribution in [-0.2, 0) is 11.8 Å². The summed E-state index contributed by atoms with van der Waals surface area (Å²) in [6.07, 6.45) is 1.48. The van der Waals surface area contributed by atoms with Crippen LogP contribution >= 0.6 is 0 Å². The van der Waals surface area contributed by atoms with Crippen LogP contribution in [0.4, 0.5) is 5.82 Å². The molecule has 6 heteroatoms. The van der Waals surface area contributed by atoms with E-state index in [1.807, 2.05) is 49.5 Å². The predicted molar refractivity (Wildman–Crippen MR) is 99.8 cm³/mol. The molecule has 1 fully saturated rings. The van der Waals surface area contributed by atoms with Crippen LogP contribution in [0.5, 0.6) is 0 Å². The number of aryl methyl sites for hydroxylation is 1. The van der Waals surface area contributed by atoms with Crippen LogP contribution in [0.25, 0.3) is 10.9 Å². The highest BCUT2D eigenvalue weighted by Crippen LogP contribution is 2.25. The van der Waals surface area contributed by atoms with Crippen molar-refractivity contribution in [2.45, 2.75) is 18.9 Å². The van der Waals surface area contributed by atoms with Gasteiger partial charge in [0.1, 0.15) is 6.04 Å². The Hall–Kier alpha value is -3.15. The van der Waals surface area contributed by atoms with Gasteiger partial charge in [-0.15, -0.1) is 0 Å². The highest BCUT2D eigenvalue weighted by atomic mass is 16.2. The van der Waals surface area contributed by atoms with Crippen LogP contribution < -0.4 is 5.32 Å². The van der Waals surface area contributed by atoms with E-state index >= 15 is 0 Å². The fourth-order valence-electron chi connectivity index (χ4n) is 3.54. The van der Waals surface area contributed by atoms with E-state index in [0.29, 0.717) is 24.3 Å². The van der Waals surface area contributed by atoms with Gasteiger partial charge in [-0.2, -0.15) is 5.10 Å². The molecular weight excluding hydrogens is 328 g/mol. The summed E-state index contributed by atoms with van der Waals surface area (Å²) in [5.41, 5.74) is 1.56. The molecule has 2 amide bonds. The van der Waals surface area contributed by atoms with Gasteiger partial charge in [-0.05, 0) is 37.1 Å². The number of amides is 2. The van der Waals surface area contributed by atoms with Crippen LogP contribution in [0, 0.1) is 0 Å². The quantitative estimate of drug-likeness (QED) is 0.791. The maximum atomic E-state index is 12.9. The van der Waals surface area contributed by atoms with Gasteiger partial charge in [-0.1, -0.05) is 30.3 Å². The smallest absolute Gasteiger partial charge is 0.254 e. The Morgan fingerprint density at radius 3 is 2.62 bits per heavy atom. The second-order valence-electron chi connectivity index (χ2n) is 6.50. The van der Waals surface area contributed by atoms with Crippen molar-refractivity contribution in [1.29, 1.82) is 0 Å². The maximum absolute atomic E-state index is 12.9. The average Bonchev–Trinajstić information content (AvgIpc) is 3.28.